The Kier molecular flexibility index (Phi) is 3.22. The fourth-order valence-electron chi connectivity index (χ4n) is 1.40. The number of pyridine rings is 1. The molecule has 16 heavy (non-hydrogen) atoms. The molecule has 0 spiro atoms. The highest BCUT2D eigenvalue weighted by Gasteiger charge is 2.05. The van der Waals surface area contributed by atoms with Crippen LogP contribution in [0.1, 0.15) is 25.1 Å². The molecule has 1 unspecified atom stereocenters. The third kappa shape index (κ3) is 2.23. The molecule has 0 amide bonds. The Morgan fingerprint density at radius 1 is 1.44 bits per heavy atom. The molecule has 0 aromatic carbocycles. The van der Waals surface area contributed by atoms with Gasteiger partial charge in [0.05, 0.1) is 28.8 Å². The summed E-state index contributed by atoms with van der Waals surface area (Å²) in [5, 5.41) is 4.70. The molecule has 5 heteroatoms. The van der Waals surface area contributed by atoms with Crippen molar-refractivity contribution < 1.29 is 0 Å². The Bertz CT molecular complexity index is 463. The van der Waals surface area contributed by atoms with E-state index >= 15 is 0 Å². The predicted molar refractivity (Wildman–Crippen MR) is 63.6 cm³/mol. The molecule has 2 aromatic rings. The first-order valence-corrected chi connectivity index (χ1v) is 5.50. The van der Waals surface area contributed by atoms with Gasteiger partial charge in [0, 0.05) is 12.2 Å². The van der Waals surface area contributed by atoms with Crippen LogP contribution < -0.4 is 5.73 Å². The van der Waals surface area contributed by atoms with Crippen molar-refractivity contribution in [1.82, 2.24) is 14.8 Å². The summed E-state index contributed by atoms with van der Waals surface area (Å²) >= 11 is 5.79. The van der Waals surface area contributed by atoms with Gasteiger partial charge in [-0.2, -0.15) is 5.10 Å². The number of hydrogen-bond acceptors (Lipinski definition) is 3. The van der Waals surface area contributed by atoms with Crippen molar-refractivity contribution in [3.63, 3.8) is 0 Å². The van der Waals surface area contributed by atoms with E-state index in [0.717, 1.165) is 17.8 Å². The predicted octanol–water partition coefficient (Wildman–Crippen LogP) is 2.33. The maximum absolute atomic E-state index is 5.88. The summed E-state index contributed by atoms with van der Waals surface area (Å²) in [6.45, 7) is 2.04. The van der Waals surface area contributed by atoms with Gasteiger partial charge in [-0.3, -0.25) is 4.98 Å². The molecule has 2 heterocycles. The Labute approximate surface area is 99.1 Å². The van der Waals surface area contributed by atoms with Crippen LogP contribution in [0, 0.1) is 0 Å². The number of aromatic nitrogens is 3. The lowest BCUT2D eigenvalue weighted by atomic mass is 10.1. The van der Waals surface area contributed by atoms with Crippen LogP contribution in [0.25, 0.3) is 5.69 Å². The van der Waals surface area contributed by atoms with Crippen molar-refractivity contribution in [2.75, 3.05) is 0 Å². The smallest absolute Gasteiger partial charge is 0.0829 e. The Morgan fingerprint density at radius 2 is 2.25 bits per heavy atom. The summed E-state index contributed by atoms with van der Waals surface area (Å²) in [5.74, 6) is 0. The van der Waals surface area contributed by atoms with Crippen molar-refractivity contribution in [3.8, 4) is 5.69 Å². The molecule has 4 nitrogen and oxygen atoms in total. The summed E-state index contributed by atoms with van der Waals surface area (Å²) in [6.07, 6.45) is 5.94. The van der Waals surface area contributed by atoms with E-state index in [1.165, 1.54) is 0 Å². The van der Waals surface area contributed by atoms with Crippen LogP contribution in [0.4, 0.5) is 0 Å². The Balaban J connectivity index is 2.25. The van der Waals surface area contributed by atoms with Gasteiger partial charge in [-0.05, 0) is 18.6 Å². The molecule has 0 fully saturated rings. The van der Waals surface area contributed by atoms with Crippen LogP contribution in [0.3, 0.4) is 0 Å². The van der Waals surface area contributed by atoms with Crippen molar-refractivity contribution in [3.05, 3.63) is 41.4 Å². The van der Waals surface area contributed by atoms with Gasteiger partial charge in [0.2, 0.25) is 0 Å². The largest absolute Gasteiger partial charge is 0.323 e. The minimum absolute atomic E-state index is 0.00439. The molecular formula is C11H13ClN4. The first-order valence-electron chi connectivity index (χ1n) is 5.12. The maximum Gasteiger partial charge on any atom is 0.0829 e. The summed E-state index contributed by atoms with van der Waals surface area (Å²) in [5.41, 5.74) is 7.65. The number of nitrogens with zero attached hydrogens (tertiary/aromatic N) is 3. The van der Waals surface area contributed by atoms with Crippen LogP contribution in [0.2, 0.25) is 5.02 Å². The first kappa shape index (κ1) is 11.1. The van der Waals surface area contributed by atoms with Crippen LogP contribution in [-0.2, 0) is 0 Å². The average Bonchev–Trinajstić information content (AvgIpc) is 2.75. The number of nitrogens with two attached hydrogens (primary N) is 1. The zero-order valence-electron chi connectivity index (χ0n) is 8.97. The van der Waals surface area contributed by atoms with Crippen LogP contribution in [0.5, 0.6) is 0 Å². The Morgan fingerprint density at radius 3 is 2.75 bits per heavy atom. The molecular weight excluding hydrogens is 224 g/mol. The molecule has 84 valence electrons. The average molecular weight is 237 g/mol. The molecule has 0 aliphatic carbocycles. The molecule has 0 bridgehead atoms. The normalized spacial score (nSPS) is 12.7. The monoisotopic (exact) mass is 236 g/mol. The SMILES string of the molecule is CCC(N)c1ccc(-n2cc(Cl)cn2)cn1. The third-order valence-corrected chi connectivity index (χ3v) is 2.60. The van der Waals surface area contributed by atoms with Gasteiger partial charge < -0.3 is 5.73 Å². The van der Waals surface area contributed by atoms with E-state index in [0.29, 0.717) is 5.02 Å². The lowest BCUT2D eigenvalue weighted by molar-refractivity contribution is 0.674. The second-order valence-corrected chi connectivity index (χ2v) is 4.00. The summed E-state index contributed by atoms with van der Waals surface area (Å²) in [4.78, 5) is 4.31. The molecule has 2 N–H and O–H groups in total. The first-order chi connectivity index (χ1) is 7.70. The topological polar surface area (TPSA) is 56.7 Å². The van der Waals surface area contributed by atoms with Gasteiger partial charge >= 0.3 is 0 Å². The van der Waals surface area contributed by atoms with Gasteiger partial charge in [-0.15, -0.1) is 0 Å². The molecule has 0 aliphatic heterocycles. The minimum Gasteiger partial charge on any atom is -0.323 e. The molecule has 2 aromatic heterocycles. The molecule has 0 aliphatic rings. The van der Waals surface area contributed by atoms with Gasteiger partial charge in [0.15, 0.2) is 0 Å². The highest BCUT2D eigenvalue weighted by atomic mass is 35.5. The van der Waals surface area contributed by atoms with E-state index in [-0.39, 0.29) is 6.04 Å². The van der Waals surface area contributed by atoms with Gasteiger partial charge in [0.25, 0.3) is 0 Å². The lowest BCUT2D eigenvalue weighted by Gasteiger charge is -2.08. The van der Waals surface area contributed by atoms with E-state index in [9.17, 15) is 0 Å². The quantitative estimate of drug-likeness (QED) is 0.890. The van der Waals surface area contributed by atoms with Gasteiger partial charge in [-0.1, -0.05) is 18.5 Å². The van der Waals surface area contributed by atoms with Gasteiger partial charge in [0.1, 0.15) is 0 Å². The van der Waals surface area contributed by atoms with Crippen LogP contribution in [-0.4, -0.2) is 14.8 Å². The lowest BCUT2D eigenvalue weighted by Crippen LogP contribution is -2.10. The highest BCUT2D eigenvalue weighted by Crippen LogP contribution is 2.14. The molecule has 0 radical (unpaired) electrons. The number of hydrogen-bond donors (Lipinski definition) is 1. The zero-order chi connectivity index (χ0) is 11.5. The number of halogens is 1. The van der Waals surface area contributed by atoms with Crippen molar-refractivity contribution in [2.24, 2.45) is 5.73 Å². The standard InChI is InChI=1S/C11H13ClN4/c1-2-10(13)11-4-3-9(6-14-11)16-7-8(12)5-15-16/h3-7,10H,2,13H2,1H3. The van der Waals surface area contributed by atoms with E-state index in [1.54, 1.807) is 23.3 Å². The molecule has 2 rings (SSSR count). The minimum atomic E-state index is -0.00439. The van der Waals surface area contributed by atoms with Crippen LogP contribution in [0.15, 0.2) is 30.7 Å². The molecule has 0 saturated heterocycles. The molecule has 1 atom stereocenters. The van der Waals surface area contributed by atoms with Crippen molar-refractivity contribution >= 4 is 11.6 Å². The maximum atomic E-state index is 5.88. The summed E-state index contributed by atoms with van der Waals surface area (Å²) in [7, 11) is 0. The third-order valence-electron chi connectivity index (χ3n) is 2.41. The van der Waals surface area contributed by atoms with E-state index in [2.05, 4.69) is 10.1 Å². The second-order valence-electron chi connectivity index (χ2n) is 3.56. The summed E-state index contributed by atoms with van der Waals surface area (Å²) in [6, 6.07) is 3.84. The Hall–Kier alpha value is -1.39. The fraction of sp³-hybridized carbons (Fsp3) is 0.273. The van der Waals surface area contributed by atoms with E-state index < -0.39 is 0 Å². The van der Waals surface area contributed by atoms with E-state index in [1.807, 2.05) is 19.1 Å². The van der Waals surface area contributed by atoms with E-state index in [4.69, 9.17) is 17.3 Å². The second kappa shape index (κ2) is 4.63. The fourth-order valence-corrected chi connectivity index (χ4v) is 1.54. The van der Waals surface area contributed by atoms with Crippen LogP contribution >= 0.6 is 11.6 Å². The van der Waals surface area contributed by atoms with Crippen molar-refractivity contribution in [2.45, 2.75) is 19.4 Å². The van der Waals surface area contributed by atoms with Gasteiger partial charge in [-0.25, -0.2) is 4.68 Å². The number of rotatable bonds is 3. The summed E-state index contributed by atoms with van der Waals surface area (Å²) < 4.78 is 1.68. The van der Waals surface area contributed by atoms with Crippen molar-refractivity contribution in [1.29, 1.82) is 0 Å². The molecule has 0 saturated carbocycles. The highest BCUT2D eigenvalue weighted by molar-refractivity contribution is 6.30. The zero-order valence-corrected chi connectivity index (χ0v) is 9.72.